The molecule has 0 bridgehead atoms. The Labute approximate surface area is 134 Å². The molecule has 0 aromatic carbocycles. The lowest BCUT2D eigenvalue weighted by molar-refractivity contribution is -0.166. The minimum Gasteiger partial charge on any atom is -0.465 e. The van der Waals surface area contributed by atoms with Crippen LogP contribution in [0.2, 0.25) is 0 Å². The second kappa shape index (κ2) is 11.3. The largest absolute Gasteiger partial charge is 0.508 e. The molecule has 0 fully saturated rings. The van der Waals surface area contributed by atoms with Crippen LogP contribution in [0.3, 0.4) is 0 Å². The molecule has 0 saturated carbocycles. The maximum Gasteiger partial charge on any atom is 0.508 e. The van der Waals surface area contributed by atoms with Crippen LogP contribution < -0.4 is 0 Å². The zero-order valence-electron chi connectivity index (χ0n) is 14.8. The molecule has 130 valence electrons. The van der Waals surface area contributed by atoms with Gasteiger partial charge < -0.3 is 14.2 Å². The fourth-order valence-corrected chi connectivity index (χ4v) is 2.85. The summed E-state index contributed by atoms with van der Waals surface area (Å²) in [5, 5.41) is 0. The van der Waals surface area contributed by atoms with Crippen molar-refractivity contribution in [3.05, 3.63) is 0 Å². The number of carbonyl (C=O) groups excluding carboxylic acids is 2. The van der Waals surface area contributed by atoms with Crippen LogP contribution in [-0.2, 0) is 19.0 Å². The van der Waals surface area contributed by atoms with Crippen molar-refractivity contribution in [2.24, 2.45) is 5.41 Å². The molecule has 5 heteroatoms. The SMILES string of the molecule is CCCCC(CCC)(C(=O)OCC)C(CC)OC(=O)OCC. The topological polar surface area (TPSA) is 61.8 Å². The van der Waals surface area contributed by atoms with Crippen LogP contribution in [0.4, 0.5) is 4.79 Å². The third-order valence-electron chi connectivity index (χ3n) is 3.84. The number of rotatable bonds is 11. The van der Waals surface area contributed by atoms with E-state index in [2.05, 4.69) is 6.92 Å². The Bertz CT molecular complexity index is 329. The monoisotopic (exact) mass is 316 g/mol. The number of hydrogen-bond donors (Lipinski definition) is 0. The highest BCUT2D eigenvalue weighted by atomic mass is 16.7. The zero-order chi connectivity index (χ0) is 17.0. The first-order chi connectivity index (χ1) is 10.5. The average molecular weight is 316 g/mol. The molecular weight excluding hydrogens is 284 g/mol. The first-order valence-corrected chi connectivity index (χ1v) is 8.52. The number of ether oxygens (including phenoxy) is 3. The molecule has 2 unspecified atom stereocenters. The van der Waals surface area contributed by atoms with Crippen molar-refractivity contribution in [2.45, 2.75) is 79.2 Å². The molecule has 0 amide bonds. The summed E-state index contributed by atoms with van der Waals surface area (Å²) in [6.07, 6.45) is 3.32. The van der Waals surface area contributed by atoms with Crippen molar-refractivity contribution < 1.29 is 23.8 Å². The van der Waals surface area contributed by atoms with Gasteiger partial charge in [-0.25, -0.2) is 4.79 Å². The molecule has 0 saturated heterocycles. The Balaban J connectivity index is 5.42. The highest BCUT2D eigenvalue weighted by molar-refractivity contribution is 5.78. The molecule has 0 aliphatic rings. The third kappa shape index (κ3) is 5.85. The summed E-state index contributed by atoms with van der Waals surface area (Å²) in [5.74, 6) is -0.263. The highest BCUT2D eigenvalue weighted by Crippen LogP contribution is 2.39. The molecule has 0 aromatic rings. The average Bonchev–Trinajstić information content (AvgIpc) is 2.49. The second-order valence-corrected chi connectivity index (χ2v) is 5.43. The number of carbonyl (C=O) groups is 2. The summed E-state index contributed by atoms with van der Waals surface area (Å²) in [7, 11) is 0. The van der Waals surface area contributed by atoms with Crippen molar-refractivity contribution in [3.63, 3.8) is 0 Å². The van der Waals surface area contributed by atoms with E-state index in [9.17, 15) is 9.59 Å². The van der Waals surface area contributed by atoms with E-state index in [0.717, 1.165) is 19.3 Å². The van der Waals surface area contributed by atoms with E-state index in [4.69, 9.17) is 14.2 Å². The van der Waals surface area contributed by atoms with Crippen LogP contribution in [0, 0.1) is 5.41 Å². The van der Waals surface area contributed by atoms with Gasteiger partial charge in [-0.2, -0.15) is 0 Å². The van der Waals surface area contributed by atoms with Gasteiger partial charge in [0.2, 0.25) is 0 Å². The van der Waals surface area contributed by atoms with Crippen molar-refractivity contribution in [2.75, 3.05) is 13.2 Å². The van der Waals surface area contributed by atoms with E-state index in [1.165, 1.54) is 0 Å². The van der Waals surface area contributed by atoms with E-state index in [0.29, 0.717) is 25.9 Å². The van der Waals surface area contributed by atoms with Gasteiger partial charge in [-0.05, 0) is 33.1 Å². The van der Waals surface area contributed by atoms with Crippen LogP contribution in [0.1, 0.15) is 73.1 Å². The molecule has 0 spiro atoms. The molecule has 0 rings (SSSR count). The van der Waals surface area contributed by atoms with Gasteiger partial charge in [0.25, 0.3) is 0 Å². The van der Waals surface area contributed by atoms with Gasteiger partial charge in [0.15, 0.2) is 0 Å². The lowest BCUT2D eigenvalue weighted by atomic mass is 9.73. The summed E-state index contributed by atoms with van der Waals surface area (Å²) in [5.41, 5.74) is -0.776. The first kappa shape index (κ1) is 20.7. The molecule has 0 aromatic heterocycles. The molecule has 0 heterocycles. The molecule has 5 nitrogen and oxygen atoms in total. The summed E-state index contributed by atoms with van der Waals surface area (Å²) < 4.78 is 15.6. The van der Waals surface area contributed by atoms with Gasteiger partial charge in [-0.1, -0.05) is 40.0 Å². The van der Waals surface area contributed by atoms with Gasteiger partial charge in [-0.3, -0.25) is 4.79 Å². The van der Waals surface area contributed by atoms with Crippen LogP contribution >= 0.6 is 0 Å². The fourth-order valence-electron chi connectivity index (χ4n) is 2.85. The Hall–Kier alpha value is -1.26. The van der Waals surface area contributed by atoms with Crippen molar-refractivity contribution in [3.8, 4) is 0 Å². The Morgan fingerprint density at radius 3 is 2.00 bits per heavy atom. The Morgan fingerprint density at radius 1 is 0.909 bits per heavy atom. The standard InChI is InChI=1S/C17H32O5/c1-6-11-13-17(12-7-2,15(18)20-9-4)14(8-3)22-16(19)21-10-5/h14H,6-13H2,1-5H3. The lowest BCUT2D eigenvalue weighted by Gasteiger charge is -2.37. The van der Waals surface area contributed by atoms with Crippen LogP contribution in [0.5, 0.6) is 0 Å². The minimum atomic E-state index is -0.776. The second-order valence-electron chi connectivity index (χ2n) is 5.43. The molecular formula is C17H32O5. The van der Waals surface area contributed by atoms with E-state index in [-0.39, 0.29) is 12.6 Å². The molecule has 0 N–H and O–H groups in total. The Kier molecular flexibility index (Phi) is 10.7. The van der Waals surface area contributed by atoms with Crippen LogP contribution in [0.15, 0.2) is 0 Å². The first-order valence-electron chi connectivity index (χ1n) is 8.52. The summed E-state index contributed by atoms with van der Waals surface area (Å²) >= 11 is 0. The zero-order valence-corrected chi connectivity index (χ0v) is 14.8. The predicted molar refractivity (Wildman–Crippen MR) is 85.7 cm³/mol. The molecule has 0 radical (unpaired) electrons. The quantitative estimate of drug-likeness (QED) is 0.526. The summed E-state index contributed by atoms with van der Waals surface area (Å²) in [4.78, 5) is 24.4. The fraction of sp³-hybridized carbons (Fsp3) is 0.882. The lowest BCUT2D eigenvalue weighted by Crippen LogP contribution is -2.46. The van der Waals surface area contributed by atoms with Crippen LogP contribution in [0.25, 0.3) is 0 Å². The van der Waals surface area contributed by atoms with E-state index >= 15 is 0 Å². The van der Waals surface area contributed by atoms with Gasteiger partial charge in [0, 0.05) is 0 Å². The van der Waals surface area contributed by atoms with Gasteiger partial charge in [0.1, 0.15) is 11.5 Å². The van der Waals surface area contributed by atoms with Crippen molar-refractivity contribution in [1.29, 1.82) is 0 Å². The van der Waals surface area contributed by atoms with Gasteiger partial charge in [-0.15, -0.1) is 0 Å². The Morgan fingerprint density at radius 2 is 1.55 bits per heavy atom. The molecule has 22 heavy (non-hydrogen) atoms. The van der Waals surface area contributed by atoms with E-state index in [1.807, 2.05) is 13.8 Å². The van der Waals surface area contributed by atoms with Crippen LogP contribution in [-0.4, -0.2) is 31.4 Å². The van der Waals surface area contributed by atoms with Crippen molar-refractivity contribution in [1.82, 2.24) is 0 Å². The minimum absolute atomic E-state index is 0.254. The van der Waals surface area contributed by atoms with Crippen molar-refractivity contribution >= 4 is 12.1 Å². The predicted octanol–water partition coefficient (Wildman–Crippen LogP) is 4.48. The maximum absolute atomic E-state index is 12.6. The van der Waals surface area contributed by atoms with E-state index < -0.39 is 17.7 Å². The van der Waals surface area contributed by atoms with Gasteiger partial charge >= 0.3 is 12.1 Å². The maximum atomic E-state index is 12.6. The number of hydrogen-bond acceptors (Lipinski definition) is 5. The van der Waals surface area contributed by atoms with Gasteiger partial charge in [0.05, 0.1) is 13.2 Å². The summed E-state index contributed by atoms with van der Waals surface area (Å²) in [6.45, 7) is 10.1. The van der Waals surface area contributed by atoms with E-state index in [1.54, 1.807) is 13.8 Å². The molecule has 2 atom stereocenters. The highest BCUT2D eigenvalue weighted by Gasteiger charge is 2.47. The normalized spacial score (nSPS) is 14.8. The smallest absolute Gasteiger partial charge is 0.465 e. The third-order valence-corrected chi connectivity index (χ3v) is 3.84. The number of esters is 1. The molecule has 0 aliphatic heterocycles. The molecule has 0 aliphatic carbocycles. The summed E-state index contributed by atoms with van der Waals surface area (Å²) in [6, 6.07) is 0. The number of unbranched alkanes of at least 4 members (excludes halogenated alkanes) is 1.